The molecule has 0 saturated carbocycles. The van der Waals surface area contributed by atoms with E-state index in [0.717, 1.165) is 36.7 Å². The number of para-hydroxylation sites is 1. The minimum Gasteiger partial charge on any atom is -0.372 e. The summed E-state index contributed by atoms with van der Waals surface area (Å²) >= 11 is 1.77. The number of piperidine rings is 2. The van der Waals surface area contributed by atoms with Crippen molar-refractivity contribution in [3.8, 4) is 32.8 Å². The molecule has 0 N–H and O–H groups in total. The maximum absolute atomic E-state index is 4.96. The fraction of sp³-hybridized carbons (Fsp3) is 0.233. The molecule has 0 atom stereocenters. The summed E-state index contributed by atoms with van der Waals surface area (Å²) in [7, 11) is 0. The predicted molar refractivity (Wildman–Crippen MR) is 203 cm³/mol. The Hall–Kier alpha value is -4.67. The van der Waals surface area contributed by atoms with Gasteiger partial charge in [-0.3, -0.25) is 0 Å². The number of rotatable bonds is 5. The molecule has 0 amide bonds. The minimum absolute atomic E-state index is 1.07. The second kappa shape index (κ2) is 12.2. The quantitative estimate of drug-likeness (QED) is 0.177. The van der Waals surface area contributed by atoms with Crippen LogP contribution >= 0.6 is 11.3 Å². The van der Waals surface area contributed by atoms with Gasteiger partial charge in [0, 0.05) is 43.1 Å². The number of anilines is 2. The summed E-state index contributed by atoms with van der Waals surface area (Å²) in [6.45, 7) is 4.55. The summed E-state index contributed by atoms with van der Waals surface area (Å²) in [4.78, 5) is 10.1. The molecule has 0 spiro atoms. The van der Waals surface area contributed by atoms with Gasteiger partial charge in [0.05, 0.1) is 10.2 Å². The molecule has 7 aromatic rings. The molecule has 2 aliphatic heterocycles. The standard InChI is InChI=1S/C43H39N3S/c1-4-12-30(13-5-1)41-35-22-20-34(46-26-10-3-11-27-46)29-38(35)42(36-23-21-33(28-37(36)41)45-24-8-2-9-25-45)31-16-18-32(19-17-31)43-44-39-14-6-7-15-40(39)47-43/h1,4-7,12-23,28-29H,2-3,8-11,24-27H2. The third kappa shape index (κ3) is 5.25. The van der Waals surface area contributed by atoms with E-state index in [1.807, 2.05) is 0 Å². The summed E-state index contributed by atoms with van der Waals surface area (Å²) in [5.41, 5.74) is 10.1. The van der Waals surface area contributed by atoms with E-state index in [1.54, 1.807) is 11.3 Å². The van der Waals surface area contributed by atoms with Crippen LogP contribution in [0.25, 0.3) is 64.6 Å². The maximum Gasteiger partial charge on any atom is 0.124 e. The van der Waals surface area contributed by atoms with E-state index in [2.05, 4.69) is 125 Å². The Bertz CT molecular complexity index is 2170. The van der Waals surface area contributed by atoms with Crippen LogP contribution in [0.5, 0.6) is 0 Å². The van der Waals surface area contributed by atoms with Crippen LogP contribution in [0.1, 0.15) is 38.5 Å². The lowest BCUT2D eigenvalue weighted by atomic mass is 9.85. The van der Waals surface area contributed by atoms with E-state index in [4.69, 9.17) is 4.98 Å². The van der Waals surface area contributed by atoms with Crippen molar-refractivity contribution in [2.75, 3.05) is 36.0 Å². The SMILES string of the molecule is c1ccc(-c2c3ccc(N4CCCCC4)cc3c(-c3ccc(-c4nc5ccccc5s4)cc3)c3ccc(N4CCCCC4)cc23)cc1. The molecule has 0 bridgehead atoms. The Balaban J connectivity index is 1.28. The number of hydrogen-bond acceptors (Lipinski definition) is 4. The molecule has 4 heteroatoms. The summed E-state index contributed by atoms with van der Waals surface area (Å²) in [6.07, 6.45) is 7.74. The van der Waals surface area contributed by atoms with E-state index in [9.17, 15) is 0 Å². The lowest BCUT2D eigenvalue weighted by Gasteiger charge is -2.30. The number of hydrogen-bond donors (Lipinski definition) is 0. The van der Waals surface area contributed by atoms with Crippen molar-refractivity contribution in [3.05, 3.63) is 115 Å². The van der Waals surface area contributed by atoms with Gasteiger partial charge in [0.1, 0.15) is 5.01 Å². The second-order valence-corrected chi connectivity index (χ2v) is 14.3. The van der Waals surface area contributed by atoms with Crippen LogP contribution < -0.4 is 9.80 Å². The molecule has 3 heterocycles. The van der Waals surface area contributed by atoms with Crippen LogP contribution in [-0.4, -0.2) is 31.2 Å². The highest BCUT2D eigenvalue weighted by Crippen LogP contribution is 2.46. The smallest absolute Gasteiger partial charge is 0.124 e. The molecule has 3 nitrogen and oxygen atoms in total. The van der Waals surface area contributed by atoms with Crippen molar-refractivity contribution in [2.45, 2.75) is 38.5 Å². The van der Waals surface area contributed by atoms with Crippen LogP contribution in [0, 0.1) is 0 Å². The predicted octanol–water partition coefficient (Wildman–Crippen LogP) is 11.6. The molecule has 0 unspecified atom stereocenters. The highest BCUT2D eigenvalue weighted by Gasteiger charge is 2.21. The molecule has 0 aliphatic carbocycles. The third-order valence-electron chi connectivity index (χ3n) is 10.3. The lowest BCUT2D eigenvalue weighted by Crippen LogP contribution is -2.29. The van der Waals surface area contributed by atoms with Crippen molar-refractivity contribution in [3.63, 3.8) is 0 Å². The third-order valence-corrected chi connectivity index (χ3v) is 11.4. The van der Waals surface area contributed by atoms with Crippen molar-refractivity contribution in [1.29, 1.82) is 0 Å². The highest BCUT2D eigenvalue weighted by atomic mass is 32.1. The molecular weight excluding hydrogens is 591 g/mol. The molecule has 47 heavy (non-hydrogen) atoms. The number of nitrogens with zero attached hydrogens (tertiary/aromatic N) is 3. The van der Waals surface area contributed by atoms with Crippen molar-refractivity contribution in [2.24, 2.45) is 0 Å². The van der Waals surface area contributed by atoms with Gasteiger partial charge < -0.3 is 9.80 Å². The topological polar surface area (TPSA) is 19.4 Å². The number of aromatic nitrogens is 1. The first kappa shape index (κ1) is 28.5. The molecule has 2 fully saturated rings. The summed E-state index contributed by atoms with van der Waals surface area (Å²) in [6, 6.07) is 43.2. The van der Waals surface area contributed by atoms with E-state index in [-0.39, 0.29) is 0 Å². The molecular formula is C43H39N3S. The van der Waals surface area contributed by atoms with Gasteiger partial charge in [0.15, 0.2) is 0 Å². The Morgan fingerprint density at radius 3 is 1.53 bits per heavy atom. The lowest BCUT2D eigenvalue weighted by molar-refractivity contribution is 0.578. The Morgan fingerprint density at radius 1 is 0.447 bits per heavy atom. The van der Waals surface area contributed by atoms with Gasteiger partial charge in [-0.25, -0.2) is 4.98 Å². The number of benzene rings is 6. The van der Waals surface area contributed by atoms with E-state index in [0.29, 0.717) is 0 Å². The van der Waals surface area contributed by atoms with Gasteiger partial charge in [-0.05, 0) is 119 Å². The van der Waals surface area contributed by atoms with Crippen LogP contribution in [0.3, 0.4) is 0 Å². The second-order valence-electron chi connectivity index (χ2n) is 13.2. The van der Waals surface area contributed by atoms with Crippen LogP contribution in [0.4, 0.5) is 11.4 Å². The van der Waals surface area contributed by atoms with Gasteiger partial charge in [-0.15, -0.1) is 11.3 Å². The molecule has 232 valence electrons. The zero-order chi connectivity index (χ0) is 31.2. The summed E-state index contributed by atoms with van der Waals surface area (Å²) < 4.78 is 1.23. The number of thiazole rings is 1. The zero-order valence-corrected chi connectivity index (χ0v) is 27.6. The maximum atomic E-state index is 4.96. The summed E-state index contributed by atoms with van der Waals surface area (Å²) in [5.74, 6) is 0. The first-order chi connectivity index (χ1) is 23.3. The Kier molecular flexibility index (Phi) is 7.39. The highest BCUT2D eigenvalue weighted by molar-refractivity contribution is 7.21. The molecule has 6 aromatic carbocycles. The molecule has 9 rings (SSSR count). The largest absolute Gasteiger partial charge is 0.372 e. The van der Waals surface area contributed by atoms with Gasteiger partial charge >= 0.3 is 0 Å². The monoisotopic (exact) mass is 629 g/mol. The van der Waals surface area contributed by atoms with Crippen LogP contribution in [0.15, 0.2) is 115 Å². The number of fused-ring (bicyclic) bond motifs is 3. The normalized spacial score (nSPS) is 15.6. The van der Waals surface area contributed by atoms with E-state index < -0.39 is 0 Å². The fourth-order valence-electron chi connectivity index (χ4n) is 7.90. The average molecular weight is 630 g/mol. The fourth-order valence-corrected chi connectivity index (χ4v) is 8.88. The molecule has 1 aromatic heterocycles. The van der Waals surface area contributed by atoms with Gasteiger partial charge in [0.25, 0.3) is 0 Å². The summed E-state index contributed by atoms with van der Waals surface area (Å²) in [5, 5.41) is 6.39. The van der Waals surface area contributed by atoms with Crippen LogP contribution in [0.2, 0.25) is 0 Å². The van der Waals surface area contributed by atoms with E-state index in [1.165, 1.54) is 104 Å². The first-order valence-electron chi connectivity index (χ1n) is 17.4. The molecule has 2 saturated heterocycles. The Labute approximate surface area is 281 Å². The minimum atomic E-state index is 1.07. The van der Waals surface area contributed by atoms with Crippen molar-refractivity contribution >= 4 is 54.5 Å². The van der Waals surface area contributed by atoms with Crippen LogP contribution in [-0.2, 0) is 0 Å². The van der Waals surface area contributed by atoms with Crippen molar-refractivity contribution < 1.29 is 0 Å². The van der Waals surface area contributed by atoms with Gasteiger partial charge in [0.2, 0.25) is 0 Å². The zero-order valence-electron chi connectivity index (χ0n) is 26.8. The average Bonchev–Trinajstić information content (AvgIpc) is 3.59. The van der Waals surface area contributed by atoms with Gasteiger partial charge in [-0.1, -0.05) is 78.9 Å². The molecule has 0 radical (unpaired) electrons. The van der Waals surface area contributed by atoms with E-state index >= 15 is 0 Å². The first-order valence-corrected chi connectivity index (χ1v) is 18.2. The Morgan fingerprint density at radius 2 is 0.957 bits per heavy atom. The van der Waals surface area contributed by atoms with Gasteiger partial charge in [-0.2, -0.15) is 0 Å². The molecule has 2 aliphatic rings. The van der Waals surface area contributed by atoms with Crippen molar-refractivity contribution in [1.82, 2.24) is 4.98 Å².